The molecule has 2 aliphatic rings. The highest BCUT2D eigenvalue weighted by Gasteiger charge is 2.51. The minimum atomic E-state index is -1.22. The molecule has 2 aromatic carbocycles. The van der Waals surface area contributed by atoms with Gasteiger partial charge in [-0.1, -0.05) is 18.2 Å². The Morgan fingerprint density at radius 3 is 2.41 bits per heavy atom. The number of esters is 2. The highest BCUT2D eigenvalue weighted by molar-refractivity contribution is 7.10. The van der Waals surface area contributed by atoms with E-state index >= 15 is 0 Å². The number of hydrogen-bond donors (Lipinski definition) is 1. The van der Waals surface area contributed by atoms with Crippen LogP contribution < -0.4 is 10.6 Å². The maximum atomic E-state index is 14.7. The third-order valence-corrected chi connectivity index (χ3v) is 8.82. The standard InChI is InChI=1S/C32H30FN3O7S/c1-4-42-31(38)26-21(24-7-6-14-44-24)16-23-27(29(26)37)25(18-8-10-19(33)11-9-18)28(32(39)43-5-2)30(34)35(23)22-13-12-20(36(40)41)15-17(22)3/h6-15,21,25-26H,4-5,16,34H2,1-3H3/t21-,25+,26+/m1/s1. The SMILES string of the molecule is CCOC(=O)C1=C(N)N(c2ccc([N+](=O)[O-])cc2C)C2=C(C(=O)[C@@H](C(=O)OCC)[C@@H](c3cccs3)C2)[C@@H]1c1ccc(F)cc1. The Morgan fingerprint density at radius 2 is 1.82 bits per heavy atom. The van der Waals surface area contributed by atoms with E-state index in [1.165, 1.54) is 53.8 Å². The largest absolute Gasteiger partial charge is 0.465 e. The Morgan fingerprint density at radius 1 is 1.11 bits per heavy atom. The van der Waals surface area contributed by atoms with Crippen LogP contribution in [0.1, 0.15) is 48.1 Å². The topological polar surface area (TPSA) is 142 Å². The molecular weight excluding hydrogens is 589 g/mol. The quantitative estimate of drug-likeness (QED) is 0.147. The highest BCUT2D eigenvalue weighted by atomic mass is 32.1. The summed E-state index contributed by atoms with van der Waals surface area (Å²) in [4.78, 5) is 55.1. The fourth-order valence-electron chi connectivity index (χ4n) is 5.98. The number of nitro benzene ring substituents is 1. The minimum Gasteiger partial charge on any atom is -0.465 e. The van der Waals surface area contributed by atoms with E-state index in [2.05, 4.69) is 0 Å². The van der Waals surface area contributed by atoms with Gasteiger partial charge in [-0.2, -0.15) is 0 Å². The van der Waals surface area contributed by atoms with E-state index in [4.69, 9.17) is 15.2 Å². The predicted octanol–water partition coefficient (Wildman–Crippen LogP) is 5.63. The Hall–Kier alpha value is -4.84. The number of non-ortho nitro benzene ring substituents is 1. The number of carbonyl (C=O) groups is 3. The van der Waals surface area contributed by atoms with Gasteiger partial charge in [0.05, 0.1) is 35.3 Å². The molecule has 0 spiro atoms. The molecule has 10 nitrogen and oxygen atoms in total. The van der Waals surface area contributed by atoms with Gasteiger partial charge in [-0.05, 0) is 68.0 Å². The zero-order chi connectivity index (χ0) is 31.7. The molecule has 5 rings (SSSR count). The number of nitrogens with two attached hydrogens (primary N) is 1. The van der Waals surface area contributed by atoms with Crippen LogP contribution >= 0.6 is 11.3 Å². The first-order valence-corrected chi connectivity index (χ1v) is 14.9. The smallest absolute Gasteiger partial charge is 0.338 e. The molecule has 2 N–H and O–H groups in total. The lowest BCUT2D eigenvalue weighted by Gasteiger charge is -2.44. The number of aryl methyl sites for hydroxylation is 1. The zero-order valence-corrected chi connectivity index (χ0v) is 25.1. The number of halogens is 1. The molecule has 1 aromatic heterocycles. The number of anilines is 1. The van der Waals surface area contributed by atoms with Crippen LogP contribution in [0.25, 0.3) is 0 Å². The number of ether oxygens (including phenoxy) is 2. The summed E-state index contributed by atoms with van der Waals surface area (Å²) in [6.45, 7) is 5.01. The van der Waals surface area contributed by atoms with Crippen LogP contribution in [0.2, 0.25) is 0 Å². The van der Waals surface area contributed by atoms with Crippen LogP contribution in [-0.2, 0) is 23.9 Å². The van der Waals surface area contributed by atoms with Crippen LogP contribution in [0, 0.1) is 28.8 Å². The number of allylic oxidation sites excluding steroid dienone is 2. The first-order chi connectivity index (χ1) is 21.1. The van der Waals surface area contributed by atoms with E-state index in [1.54, 1.807) is 25.7 Å². The molecule has 2 heterocycles. The fourth-order valence-corrected chi connectivity index (χ4v) is 6.84. The van der Waals surface area contributed by atoms with Gasteiger partial charge in [0, 0.05) is 34.2 Å². The van der Waals surface area contributed by atoms with Gasteiger partial charge < -0.3 is 15.2 Å². The summed E-state index contributed by atoms with van der Waals surface area (Å²) in [6.07, 6.45) is 0.149. The summed E-state index contributed by atoms with van der Waals surface area (Å²) >= 11 is 1.39. The molecule has 0 bridgehead atoms. The van der Waals surface area contributed by atoms with Crippen molar-refractivity contribution in [2.45, 2.75) is 39.0 Å². The summed E-state index contributed by atoms with van der Waals surface area (Å²) in [5.41, 5.74) is 8.43. The molecule has 0 radical (unpaired) electrons. The first-order valence-electron chi connectivity index (χ1n) is 14.0. The van der Waals surface area contributed by atoms with Crippen molar-refractivity contribution in [3.8, 4) is 0 Å². The number of Topliss-reactive ketones (excluding diaryl/α,β-unsaturated/α-hetero) is 1. The van der Waals surface area contributed by atoms with Gasteiger partial charge in [-0.15, -0.1) is 11.3 Å². The molecule has 44 heavy (non-hydrogen) atoms. The Bertz CT molecular complexity index is 1700. The zero-order valence-electron chi connectivity index (χ0n) is 24.2. The van der Waals surface area contributed by atoms with E-state index in [0.717, 1.165) is 4.88 Å². The molecule has 1 aliphatic carbocycles. The molecule has 0 amide bonds. The van der Waals surface area contributed by atoms with Crippen LogP contribution in [0.15, 0.2) is 82.6 Å². The lowest BCUT2D eigenvalue weighted by atomic mass is 9.68. The lowest BCUT2D eigenvalue weighted by molar-refractivity contribution is -0.384. The van der Waals surface area contributed by atoms with Crippen molar-refractivity contribution in [2.75, 3.05) is 18.1 Å². The van der Waals surface area contributed by atoms with Gasteiger partial charge >= 0.3 is 11.9 Å². The van der Waals surface area contributed by atoms with Crippen molar-refractivity contribution in [2.24, 2.45) is 11.7 Å². The molecule has 1 aliphatic heterocycles. The summed E-state index contributed by atoms with van der Waals surface area (Å²) < 4.78 is 24.9. The molecular formula is C32H30FN3O7S. The third-order valence-electron chi connectivity index (χ3n) is 7.82. The maximum Gasteiger partial charge on any atom is 0.338 e. The van der Waals surface area contributed by atoms with Crippen LogP contribution in [-0.4, -0.2) is 35.9 Å². The number of rotatable bonds is 8. The summed E-state index contributed by atoms with van der Waals surface area (Å²) in [5.74, 6) is -5.54. The van der Waals surface area contributed by atoms with Crippen molar-refractivity contribution in [1.82, 2.24) is 0 Å². The van der Waals surface area contributed by atoms with Gasteiger partial charge in [0.25, 0.3) is 5.69 Å². The van der Waals surface area contributed by atoms with E-state index in [1.807, 2.05) is 17.5 Å². The second kappa shape index (κ2) is 12.4. The van der Waals surface area contributed by atoms with Crippen molar-refractivity contribution in [3.63, 3.8) is 0 Å². The molecule has 0 saturated heterocycles. The second-order valence-corrected chi connectivity index (χ2v) is 11.3. The Kier molecular flexibility index (Phi) is 8.63. The van der Waals surface area contributed by atoms with Gasteiger partial charge in [-0.3, -0.25) is 24.6 Å². The number of nitrogens with zero attached hydrogens (tertiary/aromatic N) is 2. The minimum absolute atomic E-state index is 0.00800. The first kappa shape index (κ1) is 30.6. The van der Waals surface area contributed by atoms with E-state index in [-0.39, 0.29) is 42.3 Å². The Balaban J connectivity index is 1.83. The maximum absolute atomic E-state index is 14.7. The van der Waals surface area contributed by atoms with E-state index < -0.39 is 46.2 Å². The fraction of sp³-hybridized carbons (Fsp3) is 0.281. The van der Waals surface area contributed by atoms with Crippen LogP contribution in [0.3, 0.4) is 0 Å². The number of ketones is 1. The van der Waals surface area contributed by atoms with Gasteiger partial charge in [0.15, 0.2) is 5.78 Å². The molecule has 0 fully saturated rings. The van der Waals surface area contributed by atoms with Crippen molar-refractivity contribution < 1.29 is 33.2 Å². The van der Waals surface area contributed by atoms with E-state index in [9.17, 15) is 28.9 Å². The Labute approximate surface area is 256 Å². The van der Waals surface area contributed by atoms with Gasteiger partial charge in [0.1, 0.15) is 17.6 Å². The predicted molar refractivity (Wildman–Crippen MR) is 161 cm³/mol. The van der Waals surface area contributed by atoms with Gasteiger partial charge in [-0.25, -0.2) is 9.18 Å². The summed E-state index contributed by atoms with van der Waals surface area (Å²) in [6, 6.07) is 13.2. The monoisotopic (exact) mass is 619 g/mol. The number of thiophene rings is 1. The van der Waals surface area contributed by atoms with Crippen LogP contribution in [0.5, 0.6) is 0 Å². The van der Waals surface area contributed by atoms with E-state index in [0.29, 0.717) is 22.5 Å². The molecule has 0 unspecified atom stereocenters. The molecule has 3 atom stereocenters. The number of hydrogen-bond acceptors (Lipinski definition) is 10. The second-order valence-electron chi connectivity index (χ2n) is 10.3. The summed E-state index contributed by atoms with van der Waals surface area (Å²) in [5, 5.41) is 13.4. The molecule has 228 valence electrons. The average molecular weight is 620 g/mol. The number of benzene rings is 2. The molecule has 0 saturated carbocycles. The van der Waals surface area contributed by atoms with Crippen LogP contribution in [0.4, 0.5) is 15.8 Å². The average Bonchev–Trinajstić information content (AvgIpc) is 3.52. The number of nitro groups is 1. The van der Waals surface area contributed by atoms with Crippen molar-refractivity contribution in [1.29, 1.82) is 0 Å². The molecule has 12 heteroatoms. The number of carbonyl (C=O) groups excluding carboxylic acids is 3. The molecule has 3 aromatic rings. The van der Waals surface area contributed by atoms with Crippen molar-refractivity contribution in [3.05, 3.63) is 115 Å². The highest BCUT2D eigenvalue weighted by Crippen LogP contribution is 2.52. The lowest BCUT2D eigenvalue weighted by Crippen LogP contribution is -2.46. The third kappa shape index (κ3) is 5.37. The summed E-state index contributed by atoms with van der Waals surface area (Å²) in [7, 11) is 0. The van der Waals surface area contributed by atoms with Gasteiger partial charge in [0.2, 0.25) is 0 Å². The normalized spacial score (nSPS) is 20.0. The van der Waals surface area contributed by atoms with Crippen molar-refractivity contribution >= 4 is 40.4 Å².